The van der Waals surface area contributed by atoms with Gasteiger partial charge in [-0.1, -0.05) is 37.3 Å². The van der Waals surface area contributed by atoms with Crippen molar-refractivity contribution in [2.75, 3.05) is 32.4 Å². The Labute approximate surface area is 173 Å². The molecule has 0 aliphatic heterocycles. The summed E-state index contributed by atoms with van der Waals surface area (Å²) in [5.74, 6) is 1.61. The molecule has 29 heavy (non-hydrogen) atoms. The highest BCUT2D eigenvalue weighted by Gasteiger charge is 2.04. The summed E-state index contributed by atoms with van der Waals surface area (Å²) in [6.45, 7) is 4.86. The Morgan fingerprint density at radius 2 is 1.90 bits per heavy atom. The molecule has 0 saturated carbocycles. The van der Waals surface area contributed by atoms with Crippen molar-refractivity contribution in [2.45, 2.75) is 32.7 Å². The van der Waals surface area contributed by atoms with Crippen molar-refractivity contribution in [1.82, 2.24) is 30.1 Å². The van der Waals surface area contributed by atoms with Crippen LogP contribution in [0.4, 0.5) is 0 Å². The van der Waals surface area contributed by atoms with E-state index in [1.54, 1.807) is 6.33 Å². The van der Waals surface area contributed by atoms with Gasteiger partial charge in [-0.3, -0.25) is 4.99 Å². The maximum atomic E-state index is 11.2. The number of hydrogen-bond donors (Lipinski definition) is 3. The Bertz CT molecular complexity index is 850. The summed E-state index contributed by atoms with van der Waals surface area (Å²) in [6.07, 6.45) is 5.60. The van der Waals surface area contributed by atoms with Gasteiger partial charge in [0.15, 0.2) is 5.96 Å². The third-order valence-electron chi connectivity index (χ3n) is 4.18. The van der Waals surface area contributed by atoms with Crippen molar-refractivity contribution in [1.29, 1.82) is 0 Å². The fourth-order valence-corrected chi connectivity index (χ4v) is 3.22. The first-order valence-electron chi connectivity index (χ1n) is 9.85. The molecule has 2 rings (SSSR count). The number of hydrogen-bond acceptors (Lipinski definition) is 5. The highest BCUT2D eigenvalue weighted by Crippen LogP contribution is 2.02. The molecule has 0 saturated heterocycles. The van der Waals surface area contributed by atoms with E-state index in [1.807, 2.05) is 29.7 Å². The molecule has 2 aromatic rings. The summed E-state index contributed by atoms with van der Waals surface area (Å²) in [5, 5.41) is 14.5. The number of aromatic nitrogens is 3. The van der Waals surface area contributed by atoms with Crippen LogP contribution in [0, 0.1) is 0 Å². The molecule has 3 N–H and O–H groups in total. The zero-order chi connectivity index (χ0) is 21.0. The second-order valence-electron chi connectivity index (χ2n) is 6.63. The van der Waals surface area contributed by atoms with Gasteiger partial charge in [-0.25, -0.2) is 13.1 Å². The van der Waals surface area contributed by atoms with E-state index in [9.17, 15) is 8.42 Å². The highest BCUT2D eigenvalue weighted by molar-refractivity contribution is 7.88. The molecule has 0 atom stereocenters. The van der Waals surface area contributed by atoms with E-state index in [4.69, 9.17) is 0 Å². The van der Waals surface area contributed by atoms with Gasteiger partial charge in [0.25, 0.3) is 0 Å². The Kier molecular flexibility index (Phi) is 9.58. The molecule has 0 bridgehead atoms. The van der Waals surface area contributed by atoms with Crippen LogP contribution in [0.3, 0.4) is 0 Å². The molecular formula is C19H31N7O2S. The van der Waals surface area contributed by atoms with E-state index in [0.29, 0.717) is 32.1 Å². The van der Waals surface area contributed by atoms with Crippen LogP contribution in [0.2, 0.25) is 0 Å². The van der Waals surface area contributed by atoms with Gasteiger partial charge in [0.1, 0.15) is 12.2 Å². The topological polar surface area (TPSA) is 113 Å². The van der Waals surface area contributed by atoms with E-state index in [0.717, 1.165) is 37.9 Å². The number of benzene rings is 1. The van der Waals surface area contributed by atoms with Crippen molar-refractivity contribution in [3.05, 3.63) is 48.0 Å². The molecule has 0 spiro atoms. The number of aryl methyl sites for hydroxylation is 2. The molecule has 0 radical (unpaired) electrons. The van der Waals surface area contributed by atoms with Gasteiger partial charge in [-0.05, 0) is 18.4 Å². The Morgan fingerprint density at radius 1 is 1.14 bits per heavy atom. The lowest BCUT2D eigenvalue weighted by Crippen LogP contribution is -2.42. The lowest BCUT2D eigenvalue weighted by atomic mass is 10.1. The zero-order valence-corrected chi connectivity index (χ0v) is 18.0. The average molecular weight is 422 g/mol. The predicted octanol–water partition coefficient (Wildman–Crippen LogP) is 0.558. The van der Waals surface area contributed by atoms with Gasteiger partial charge >= 0.3 is 0 Å². The van der Waals surface area contributed by atoms with Crippen LogP contribution in [0.1, 0.15) is 24.7 Å². The molecule has 0 aliphatic rings. The van der Waals surface area contributed by atoms with Crippen LogP contribution in [0.5, 0.6) is 0 Å². The first kappa shape index (κ1) is 22.8. The van der Waals surface area contributed by atoms with Crippen LogP contribution >= 0.6 is 0 Å². The van der Waals surface area contributed by atoms with Crippen LogP contribution < -0.4 is 15.4 Å². The largest absolute Gasteiger partial charge is 0.355 e. The van der Waals surface area contributed by atoms with Gasteiger partial charge < -0.3 is 15.2 Å². The summed E-state index contributed by atoms with van der Waals surface area (Å²) in [4.78, 5) is 4.61. The highest BCUT2D eigenvalue weighted by atomic mass is 32.2. The number of sulfonamides is 1. The lowest BCUT2D eigenvalue weighted by Gasteiger charge is -2.13. The molecule has 9 nitrogen and oxygen atoms in total. The number of nitrogens with zero attached hydrogens (tertiary/aromatic N) is 4. The molecule has 1 aromatic carbocycles. The Hall–Kier alpha value is -2.46. The number of guanidine groups is 1. The first-order valence-corrected chi connectivity index (χ1v) is 11.7. The van der Waals surface area contributed by atoms with E-state index >= 15 is 0 Å². The molecule has 1 heterocycles. The van der Waals surface area contributed by atoms with Gasteiger partial charge in [0.2, 0.25) is 10.0 Å². The molecule has 0 aliphatic carbocycles. The summed E-state index contributed by atoms with van der Waals surface area (Å²) in [5.41, 5.74) is 1.29. The SMILES string of the molecule is CCc1nncn1CCNC(=NCCCc1ccccc1)NCCNS(C)(=O)=O. The summed E-state index contributed by atoms with van der Waals surface area (Å²) >= 11 is 0. The van der Waals surface area contributed by atoms with E-state index in [2.05, 4.69) is 42.7 Å². The Balaban J connectivity index is 1.82. The summed E-state index contributed by atoms with van der Waals surface area (Å²) in [7, 11) is -3.20. The van der Waals surface area contributed by atoms with E-state index in [1.165, 1.54) is 5.56 Å². The Morgan fingerprint density at radius 3 is 2.62 bits per heavy atom. The number of nitrogens with one attached hydrogen (secondary N) is 3. The van der Waals surface area contributed by atoms with Crippen molar-refractivity contribution in [2.24, 2.45) is 4.99 Å². The molecule has 1 aromatic heterocycles. The van der Waals surface area contributed by atoms with E-state index in [-0.39, 0.29) is 0 Å². The molecule has 10 heteroatoms. The minimum atomic E-state index is -3.20. The first-order chi connectivity index (χ1) is 14.0. The van der Waals surface area contributed by atoms with Crippen molar-refractivity contribution < 1.29 is 8.42 Å². The van der Waals surface area contributed by atoms with E-state index < -0.39 is 10.0 Å². The number of aliphatic imine (C=N–C) groups is 1. The number of rotatable bonds is 12. The fourth-order valence-electron chi connectivity index (χ4n) is 2.74. The lowest BCUT2D eigenvalue weighted by molar-refractivity contribution is 0.586. The molecule has 0 fully saturated rings. The van der Waals surface area contributed by atoms with Gasteiger partial charge in [-0.15, -0.1) is 10.2 Å². The second kappa shape index (κ2) is 12.2. The standard InChI is InChI=1S/C19H31N7O2S/c1-3-18-25-23-16-26(18)15-14-22-19(21-12-13-24-29(2,27)28)20-11-7-10-17-8-5-4-6-9-17/h4-6,8-9,16,24H,3,7,10-15H2,1-2H3,(H2,20,21,22). The zero-order valence-electron chi connectivity index (χ0n) is 17.1. The van der Waals surface area contributed by atoms with Gasteiger partial charge in [0, 0.05) is 39.1 Å². The third-order valence-corrected chi connectivity index (χ3v) is 4.90. The van der Waals surface area contributed by atoms with Crippen LogP contribution in [0.25, 0.3) is 0 Å². The second-order valence-corrected chi connectivity index (χ2v) is 8.47. The smallest absolute Gasteiger partial charge is 0.208 e. The van der Waals surface area contributed by atoms with Gasteiger partial charge in [-0.2, -0.15) is 0 Å². The molecule has 0 amide bonds. The predicted molar refractivity (Wildman–Crippen MR) is 115 cm³/mol. The fraction of sp³-hybridized carbons (Fsp3) is 0.526. The molecule has 160 valence electrons. The maximum Gasteiger partial charge on any atom is 0.208 e. The third kappa shape index (κ3) is 9.53. The van der Waals surface area contributed by atoms with Crippen molar-refractivity contribution >= 4 is 16.0 Å². The monoisotopic (exact) mass is 421 g/mol. The summed E-state index contributed by atoms with van der Waals surface area (Å²) < 4.78 is 26.8. The quantitative estimate of drug-likeness (QED) is 0.262. The normalized spacial score (nSPS) is 12.1. The van der Waals surface area contributed by atoms with Crippen molar-refractivity contribution in [3.63, 3.8) is 0 Å². The minimum absolute atomic E-state index is 0.301. The summed E-state index contributed by atoms with van der Waals surface area (Å²) in [6, 6.07) is 10.3. The average Bonchev–Trinajstić information content (AvgIpc) is 3.15. The molecule has 0 unspecified atom stereocenters. The van der Waals surface area contributed by atoms with Crippen LogP contribution in [-0.4, -0.2) is 61.6 Å². The molecular weight excluding hydrogens is 390 g/mol. The minimum Gasteiger partial charge on any atom is -0.355 e. The van der Waals surface area contributed by atoms with Crippen LogP contribution in [-0.2, 0) is 29.4 Å². The maximum absolute atomic E-state index is 11.2. The van der Waals surface area contributed by atoms with Crippen molar-refractivity contribution in [3.8, 4) is 0 Å². The van der Waals surface area contributed by atoms with Crippen LogP contribution in [0.15, 0.2) is 41.7 Å². The van der Waals surface area contributed by atoms with Gasteiger partial charge in [0.05, 0.1) is 6.26 Å².